The minimum absolute atomic E-state index is 0. The molecule has 0 amide bonds. The van der Waals surface area contributed by atoms with Crippen molar-refractivity contribution in [1.29, 1.82) is 0 Å². The molecule has 0 heterocycles. The third-order valence-corrected chi connectivity index (χ3v) is 7.70. The Morgan fingerprint density at radius 1 is 0.545 bits per heavy atom. The molecule has 0 aliphatic heterocycles. The summed E-state index contributed by atoms with van der Waals surface area (Å²) >= 11 is 0. The Hall–Kier alpha value is 1.48. The van der Waals surface area contributed by atoms with Crippen molar-refractivity contribution in [2.24, 2.45) is 0 Å². The van der Waals surface area contributed by atoms with Crippen LogP contribution in [-0.4, -0.2) is 71.9 Å². The first-order valence-corrected chi connectivity index (χ1v) is 15.5. The first-order valence-electron chi connectivity index (χ1n) is 14.1. The van der Waals surface area contributed by atoms with E-state index in [1.54, 1.807) is 0 Å². The van der Waals surface area contributed by atoms with Gasteiger partial charge in [-0.15, -0.1) is 0 Å². The summed E-state index contributed by atoms with van der Waals surface area (Å²) in [6, 6.07) is 0. The molecule has 0 rings (SSSR count). The van der Waals surface area contributed by atoms with Gasteiger partial charge >= 0.3 is 51.4 Å². The van der Waals surface area contributed by atoms with Crippen LogP contribution in [0.4, 0.5) is 4.39 Å². The van der Waals surface area contributed by atoms with E-state index in [4.69, 9.17) is 4.18 Å². The summed E-state index contributed by atoms with van der Waals surface area (Å²) < 4.78 is 42.8. The van der Waals surface area contributed by atoms with E-state index in [1.807, 2.05) is 0 Å². The Labute approximate surface area is 249 Å². The molecule has 0 aliphatic rings. The van der Waals surface area contributed by atoms with Gasteiger partial charge in [-0.2, -0.15) is 8.42 Å². The molecule has 0 fully saturated rings. The molecule has 6 heteroatoms. The molecule has 0 aliphatic carbocycles. The zero-order chi connectivity index (χ0) is 23.8. The van der Waals surface area contributed by atoms with Crippen LogP contribution in [0.25, 0.3) is 0 Å². The molecule has 33 heavy (non-hydrogen) atoms. The molecule has 0 aromatic heterocycles. The Kier molecular flexibility index (Phi) is 31.1. The van der Waals surface area contributed by atoms with Gasteiger partial charge in [-0.3, -0.25) is 4.18 Å². The summed E-state index contributed by atoms with van der Waals surface area (Å²) in [5.74, 6) is 0. The van der Waals surface area contributed by atoms with Crippen LogP contribution < -0.4 is 0 Å². The first kappa shape index (κ1) is 36.6. The topological polar surface area (TPSA) is 43.4 Å². The van der Waals surface area contributed by atoms with Crippen LogP contribution in [-0.2, 0) is 14.3 Å². The first-order chi connectivity index (χ1) is 15.5. The molecule has 0 saturated heterocycles. The van der Waals surface area contributed by atoms with E-state index >= 15 is 0 Å². The maximum absolute atomic E-state index is 14.0. The molecule has 0 bridgehead atoms. The van der Waals surface area contributed by atoms with Crippen LogP contribution in [0.2, 0.25) is 0 Å². The standard InChI is InChI=1S/C27H55FO3S.K.H/c1-3-5-7-9-11-13-14-15-16-17-18-20-22-24-26-31-32(29,30)27(28)25-23-21-19-12-10-8-6-4-2;;/h27H,3-26H2,1-2H3;;. The van der Waals surface area contributed by atoms with E-state index in [9.17, 15) is 12.8 Å². The number of halogens is 1. The van der Waals surface area contributed by atoms with Crippen molar-refractivity contribution in [3.05, 3.63) is 0 Å². The molecule has 0 radical (unpaired) electrons. The van der Waals surface area contributed by atoms with Gasteiger partial charge in [-0.25, -0.2) is 4.39 Å². The predicted molar refractivity (Wildman–Crippen MR) is 144 cm³/mol. The van der Waals surface area contributed by atoms with Crippen molar-refractivity contribution in [3.8, 4) is 0 Å². The molecule has 3 nitrogen and oxygen atoms in total. The van der Waals surface area contributed by atoms with Gasteiger partial charge in [0.1, 0.15) is 0 Å². The van der Waals surface area contributed by atoms with Crippen LogP contribution in [0.1, 0.15) is 162 Å². The molecule has 0 aromatic rings. The van der Waals surface area contributed by atoms with Crippen LogP contribution in [0, 0.1) is 0 Å². The van der Waals surface area contributed by atoms with Crippen LogP contribution >= 0.6 is 0 Å². The Bertz CT molecular complexity index is 474. The van der Waals surface area contributed by atoms with Gasteiger partial charge in [0.2, 0.25) is 5.50 Å². The monoisotopic (exact) mass is 518 g/mol. The molecular weight excluding hydrogens is 462 g/mol. The van der Waals surface area contributed by atoms with Gasteiger partial charge in [0.25, 0.3) is 10.1 Å². The van der Waals surface area contributed by atoms with Crippen molar-refractivity contribution >= 4 is 61.5 Å². The SMILES string of the molecule is CCCCCCCCCCCCCCCCOS(=O)(=O)C(F)CCCCCCCCCC.[KH]. The van der Waals surface area contributed by atoms with Gasteiger partial charge in [-0.05, 0) is 19.3 Å². The van der Waals surface area contributed by atoms with Gasteiger partial charge in [0.05, 0.1) is 6.61 Å². The average molecular weight is 519 g/mol. The van der Waals surface area contributed by atoms with Crippen molar-refractivity contribution < 1.29 is 17.0 Å². The molecule has 0 spiro atoms. The van der Waals surface area contributed by atoms with E-state index in [1.165, 1.54) is 103 Å². The van der Waals surface area contributed by atoms with Crippen molar-refractivity contribution in [2.45, 2.75) is 167 Å². The average Bonchev–Trinajstić information content (AvgIpc) is 2.78. The second-order valence-corrected chi connectivity index (χ2v) is 11.3. The minimum atomic E-state index is -4.05. The van der Waals surface area contributed by atoms with Gasteiger partial charge < -0.3 is 0 Å². The third-order valence-electron chi connectivity index (χ3n) is 6.34. The molecule has 1 atom stereocenters. The number of unbranched alkanes of at least 4 members (excludes halogenated alkanes) is 20. The predicted octanol–water partition coefficient (Wildman–Crippen LogP) is 8.99. The van der Waals surface area contributed by atoms with E-state index in [2.05, 4.69) is 13.8 Å². The fourth-order valence-corrected chi connectivity index (χ4v) is 5.08. The summed E-state index contributed by atoms with van der Waals surface area (Å²) in [5, 5.41) is 0. The zero-order valence-electron chi connectivity index (χ0n) is 21.6. The third kappa shape index (κ3) is 26.4. The summed E-state index contributed by atoms with van der Waals surface area (Å²) in [6.07, 6.45) is 26.3. The fourth-order valence-electron chi connectivity index (χ4n) is 4.13. The Balaban J connectivity index is 0. The maximum atomic E-state index is 14.0. The van der Waals surface area contributed by atoms with E-state index in [0.717, 1.165) is 25.7 Å². The number of hydrogen-bond donors (Lipinski definition) is 0. The van der Waals surface area contributed by atoms with Crippen LogP contribution in [0.3, 0.4) is 0 Å². The number of rotatable bonds is 26. The van der Waals surface area contributed by atoms with Crippen molar-refractivity contribution in [2.75, 3.05) is 6.61 Å². The second kappa shape index (κ2) is 28.1. The second-order valence-electron chi connectivity index (χ2n) is 9.58. The summed E-state index contributed by atoms with van der Waals surface area (Å²) in [5.41, 5.74) is -1.87. The van der Waals surface area contributed by atoms with Crippen LogP contribution in [0.5, 0.6) is 0 Å². The summed E-state index contributed by atoms with van der Waals surface area (Å²) in [6.45, 7) is 4.58. The van der Waals surface area contributed by atoms with E-state index in [0.29, 0.717) is 12.8 Å². The molecule has 1 unspecified atom stereocenters. The normalized spacial score (nSPS) is 12.6. The molecule has 0 N–H and O–H groups in total. The van der Waals surface area contributed by atoms with Gasteiger partial charge in [0, 0.05) is 0 Å². The Morgan fingerprint density at radius 2 is 0.848 bits per heavy atom. The molecule has 0 aromatic carbocycles. The van der Waals surface area contributed by atoms with Crippen molar-refractivity contribution in [3.63, 3.8) is 0 Å². The Morgan fingerprint density at radius 3 is 1.21 bits per heavy atom. The van der Waals surface area contributed by atoms with E-state index in [-0.39, 0.29) is 64.4 Å². The van der Waals surface area contributed by atoms with Gasteiger partial charge in [-0.1, -0.05) is 142 Å². The fraction of sp³-hybridized carbons (Fsp3) is 1.00. The quantitative estimate of drug-likeness (QED) is 0.0652. The molecule has 0 saturated carbocycles. The molecule has 196 valence electrons. The zero-order valence-corrected chi connectivity index (χ0v) is 22.4. The summed E-state index contributed by atoms with van der Waals surface area (Å²) in [4.78, 5) is 0. The number of hydrogen-bond acceptors (Lipinski definition) is 3. The molecular formula is C27H56FKO3S. The van der Waals surface area contributed by atoms with E-state index < -0.39 is 15.6 Å². The van der Waals surface area contributed by atoms with Gasteiger partial charge in [0.15, 0.2) is 0 Å². The number of alkyl halides is 1. The van der Waals surface area contributed by atoms with Crippen molar-refractivity contribution in [1.82, 2.24) is 0 Å². The van der Waals surface area contributed by atoms with Crippen LogP contribution in [0.15, 0.2) is 0 Å². The summed E-state index contributed by atoms with van der Waals surface area (Å²) in [7, 11) is -4.05.